The van der Waals surface area contributed by atoms with Gasteiger partial charge in [-0.1, -0.05) is 25.6 Å². The highest BCUT2D eigenvalue weighted by molar-refractivity contribution is 7.99. The predicted molar refractivity (Wildman–Crippen MR) is 98.7 cm³/mol. The summed E-state index contributed by atoms with van der Waals surface area (Å²) in [5.74, 6) is -0.0333. The first-order valence-electron chi connectivity index (χ1n) is 8.54. The summed E-state index contributed by atoms with van der Waals surface area (Å²) in [6.45, 7) is 3.91. The molecule has 1 amide bonds. The molecule has 1 aromatic heterocycles. The standard InChI is InChI=1S/C18H18F3N3O3S/c1-10(2)14-8-16(26)24-12(9-28-17(24)23-14)7-15(25)22-11-3-5-13(6-4-11)27-18(19,20)21/h3-6,8,10,12H,7,9H2,1-2H3,(H,22,25). The van der Waals surface area contributed by atoms with E-state index in [2.05, 4.69) is 15.0 Å². The number of ether oxygens (including phenoxy) is 1. The Morgan fingerprint density at radius 1 is 1.36 bits per heavy atom. The zero-order valence-electron chi connectivity index (χ0n) is 15.1. The lowest BCUT2D eigenvalue weighted by atomic mass is 10.1. The molecule has 6 nitrogen and oxygen atoms in total. The number of hydrogen-bond donors (Lipinski definition) is 1. The molecule has 0 saturated carbocycles. The van der Waals surface area contributed by atoms with Crippen LogP contribution >= 0.6 is 11.8 Å². The molecule has 2 aromatic rings. The van der Waals surface area contributed by atoms with Gasteiger partial charge in [0.25, 0.3) is 5.56 Å². The van der Waals surface area contributed by atoms with Gasteiger partial charge >= 0.3 is 6.36 Å². The molecule has 0 radical (unpaired) electrons. The number of anilines is 1. The summed E-state index contributed by atoms with van der Waals surface area (Å²) in [5.41, 5.74) is 0.867. The Hall–Kier alpha value is -2.49. The zero-order chi connectivity index (χ0) is 20.5. The number of nitrogens with zero attached hydrogens (tertiary/aromatic N) is 2. The van der Waals surface area contributed by atoms with E-state index in [1.54, 1.807) is 0 Å². The smallest absolute Gasteiger partial charge is 0.406 e. The number of amides is 1. The summed E-state index contributed by atoms with van der Waals surface area (Å²) in [4.78, 5) is 29.2. The number of benzene rings is 1. The molecule has 28 heavy (non-hydrogen) atoms. The summed E-state index contributed by atoms with van der Waals surface area (Å²) < 4.78 is 41.8. The molecule has 150 valence electrons. The number of aromatic nitrogens is 2. The second kappa shape index (κ2) is 7.86. The van der Waals surface area contributed by atoms with E-state index in [9.17, 15) is 22.8 Å². The van der Waals surface area contributed by atoms with Crippen LogP contribution in [0.15, 0.2) is 40.3 Å². The number of thioether (sulfide) groups is 1. The van der Waals surface area contributed by atoms with Gasteiger partial charge in [0.2, 0.25) is 5.91 Å². The van der Waals surface area contributed by atoms with Crippen LogP contribution in [0, 0.1) is 0 Å². The molecule has 1 aromatic carbocycles. The first-order chi connectivity index (χ1) is 13.1. The third-order valence-electron chi connectivity index (χ3n) is 4.09. The average molecular weight is 413 g/mol. The summed E-state index contributed by atoms with van der Waals surface area (Å²) in [5, 5.41) is 3.22. The van der Waals surface area contributed by atoms with Crippen molar-refractivity contribution in [2.24, 2.45) is 0 Å². The summed E-state index contributed by atoms with van der Waals surface area (Å²) in [6.07, 6.45) is -4.71. The van der Waals surface area contributed by atoms with Gasteiger partial charge in [0.1, 0.15) is 5.75 Å². The van der Waals surface area contributed by atoms with Crippen molar-refractivity contribution in [1.82, 2.24) is 9.55 Å². The summed E-state index contributed by atoms with van der Waals surface area (Å²) >= 11 is 1.43. The van der Waals surface area contributed by atoms with Gasteiger partial charge in [-0.05, 0) is 30.2 Å². The van der Waals surface area contributed by atoms with Gasteiger partial charge in [-0.15, -0.1) is 13.2 Å². The molecule has 0 saturated heterocycles. The van der Waals surface area contributed by atoms with E-state index in [-0.39, 0.29) is 35.6 Å². The lowest BCUT2D eigenvalue weighted by Crippen LogP contribution is -2.28. The van der Waals surface area contributed by atoms with E-state index >= 15 is 0 Å². The number of alkyl halides is 3. The lowest BCUT2D eigenvalue weighted by Gasteiger charge is -2.14. The highest BCUT2D eigenvalue weighted by Gasteiger charge is 2.31. The van der Waals surface area contributed by atoms with Crippen molar-refractivity contribution in [3.05, 3.63) is 46.4 Å². The third-order valence-corrected chi connectivity index (χ3v) is 5.19. The van der Waals surface area contributed by atoms with E-state index in [0.717, 1.165) is 17.8 Å². The predicted octanol–water partition coefficient (Wildman–Crippen LogP) is 3.94. The molecule has 1 unspecified atom stereocenters. The van der Waals surface area contributed by atoms with Gasteiger partial charge in [-0.3, -0.25) is 14.2 Å². The van der Waals surface area contributed by atoms with E-state index in [1.807, 2.05) is 13.8 Å². The quantitative estimate of drug-likeness (QED) is 0.752. The van der Waals surface area contributed by atoms with Crippen molar-refractivity contribution >= 4 is 23.4 Å². The Bertz CT molecular complexity index is 926. The largest absolute Gasteiger partial charge is 0.573 e. The Kier molecular flexibility index (Phi) is 5.69. The Labute approximate surface area is 163 Å². The Morgan fingerprint density at radius 2 is 2.04 bits per heavy atom. The van der Waals surface area contributed by atoms with Gasteiger partial charge in [-0.25, -0.2) is 4.98 Å². The van der Waals surface area contributed by atoms with E-state index in [4.69, 9.17) is 0 Å². The summed E-state index contributed by atoms with van der Waals surface area (Å²) in [7, 11) is 0. The van der Waals surface area contributed by atoms with Crippen LogP contribution in [-0.4, -0.2) is 27.6 Å². The number of rotatable bonds is 5. The SMILES string of the molecule is CC(C)c1cc(=O)n2c(n1)SCC2CC(=O)Nc1ccc(OC(F)(F)F)cc1. The molecule has 10 heteroatoms. The van der Waals surface area contributed by atoms with Crippen LogP contribution in [0.5, 0.6) is 5.75 Å². The summed E-state index contributed by atoms with van der Waals surface area (Å²) in [6, 6.07) is 6.04. The van der Waals surface area contributed by atoms with Gasteiger partial charge in [-0.2, -0.15) is 0 Å². The lowest BCUT2D eigenvalue weighted by molar-refractivity contribution is -0.274. The molecular formula is C18H18F3N3O3S. The number of nitrogens with one attached hydrogen (secondary N) is 1. The second-order valence-electron chi connectivity index (χ2n) is 6.62. The van der Waals surface area contributed by atoms with Crippen molar-refractivity contribution in [1.29, 1.82) is 0 Å². The molecule has 0 spiro atoms. The van der Waals surface area contributed by atoms with Gasteiger partial charge in [0.05, 0.1) is 11.7 Å². The maximum absolute atomic E-state index is 12.4. The molecule has 1 aliphatic heterocycles. The third kappa shape index (κ3) is 4.86. The van der Waals surface area contributed by atoms with Crippen LogP contribution in [0.2, 0.25) is 0 Å². The molecular weight excluding hydrogens is 395 g/mol. The van der Waals surface area contributed by atoms with Crippen LogP contribution in [-0.2, 0) is 4.79 Å². The van der Waals surface area contributed by atoms with Crippen molar-refractivity contribution in [2.75, 3.05) is 11.1 Å². The maximum atomic E-state index is 12.4. The Balaban J connectivity index is 1.65. The maximum Gasteiger partial charge on any atom is 0.573 e. The van der Waals surface area contributed by atoms with Crippen LogP contribution in [0.4, 0.5) is 18.9 Å². The molecule has 2 heterocycles. The fraction of sp³-hybridized carbons (Fsp3) is 0.389. The fourth-order valence-electron chi connectivity index (χ4n) is 2.78. The molecule has 0 fully saturated rings. The molecule has 1 atom stereocenters. The highest BCUT2D eigenvalue weighted by Crippen LogP contribution is 2.33. The van der Waals surface area contributed by atoms with Crippen LogP contribution < -0.4 is 15.6 Å². The second-order valence-corrected chi connectivity index (χ2v) is 7.60. The minimum Gasteiger partial charge on any atom is -0.406 e. The molecule has 1 aliphatic rings. The Morgan fingerprint density at radius 3 is 2.64 bits per heavy atom. The van der Waals surface area contributed by atoms with Crippen LogP contribution in [0.3, 0.4) is 0 Å². The minimum absolute atomic E-state index is 0.0589. The van der Waals surface area contributed by atoms with Gasteiger partial charge in [0.15, 0.2) is 5.16 Å². The van der Waals surface area contributed by atoms with Gasteiger partial charge < -0.3 is 10.1 Å². The van der Waals surface area contributed by atoms with Crippen molar-refractivity contribution in [2.45, 2.75) is 43.7 Å². The number of carbonyl (C=O) groups is 1. The fourth-order valence-corrected chi connectivity index (χ4v) is 3.94. The van der Waals surface area contributed by atoms with E-state index < -0.39 is 6.36 Å². The van der Waals surface area contributed by atoms with E-state index in [0.29, 0.717) is 16.6 Å². The topological polar surface area (TPSA) is 73.2 Å². The normalized spacial score (nSPS) is 16.1. The van der Waals surface area contributed by atoms with Crippen LogP contribution in [0.25, 0.3) is 0 Å². The number of fused-ring (bicyclic) bond motifs is 1. The number of halogens is 3. The van der Waals surface area contributed by atoms with Crippen molar-refractivity contribution in [3.63, 3.8) is 0 Å². The van der Waals surface area contributed by atoms with E-state index in [1.165, 1.54) is 34.5 Å². The zero-order valence-corrected chi connectivity index (χ0v) is 15.9. The van der Waals surface area contributed by atoms with Gasteiger partial charge in [0, 0.05) is 23.9 Å². The first kappa shape index (κ1) is 20.2. The average Bonchev–Trinajstić information content (AvgIpc) is 2.98. The monoisotopic (exact) mass is 413 g/mol. The number of hydrogen-bond acceptors (Lipinski definition) is 5. The molecule has 3 rings (SSSR count). The molecule has 1 N–H and O–H groups in total. The first-order valence-corrected chi connectivity index (χ1v) is 9.53. The minimum atomic E-state index is -4.77. The highest BCUT2D eigenvalue weighted by atomic mass is 32.2. The van der Waals surface area contributed by atoms with Crippen molar-refractivity contribution < 1.29 is 22.7 Å². The number of carbonyl (C=O) groups excluding carboxylic acids is 1. The molecule has 0 aliphatic carbocycles. The van der Waals surface area contributed by atoms with Crippen LogP contribution in [0.1, 0.15) is 37.9 Å². The van der Waals surface area contributed by atoms with Crippen molar-refractivity contribution in [3.8, 4) is 5.75 Å². The molecule has 0 bridgehead atoms.